The number of rotatable bonds is 6. The van der Waals surface area contributed by atoms with Gasteiger partial charge in [0.15, 0.2) is 9.84 Å². The number of aromatic nitrogens is 2. The van der Waals surface area contributed by atoms with Crippen LogP contribution in [0, 0.1) is 10.1 Å². The van der Waals surface area contributed by atoms with Crippen LogP contribution < -0.4 is 10.1 Å². The molecule has 1 saturated carbocycles. The van der Waals surface area contributed by atoms with E-state index in [4.69, 9.17) is 14.6 Å². The van der Waals surface area contributed by atoms with Crippen molar-refractivity contribution in [3.8, 4) is 5.75 Å². The molecule has 0 unspecified atom stereocenters. The van der Waals surface area contributed by atoms with Crippen LogP contribution in [-0.2, 0) is 31.6 Å². The van der Waals surface area contributed by atoms with Gasteiger partial charge in [0.2, 0.25) is 0 Å². The van der Waals surface area contributed by atoms with Gasteiger partial charge in [0.05, 0.1) is 27.7 Å². The number of benzene rings is 2. The third-order valence-corrected chi connectivity index (χ3v) is 8.70. The van der Waals surface area contributed by atoms with E-state index in [0.29, 0.717) is 12.8 Å². The molecule has 0 atom stereocenters. The van der Waals surface area contributed by atoms with Crippen molar-refractivity contribution in [1.82, 2.24) is 9.78 Å². The Bertz CT molecular complexity index is 1530. The zero-order valence-electron chi connectivity index (χ0n) is 22.6. The van der Waals surface area contributed by atoms with Gasteiger partial charge >= 0.3 is 6.16 Å². The van der Waals surface area contributed by atoms with E-state index in [9.17, 15) is 23.3 Å². The number of hydrogen-bond donors (Lipinski definition) is 1. The Kier molecular flexibility index (Phi) is 7.30. The summed E-state index contributed by atoms with van der Waals surface area (Å²) < 4.78 is 36.7. The average molecular weight is 569 g/mol. The summed E-state index contributed by atoms with van der Waals surface area (Å²) in [7, 11) is -3.08. The van der Waals surface area contributed by atoms with E-state index in [1.807, 2.05) is 28.9 Å². The Balaban J connectivity index is 1.21. The highest BCUT2D eigenvalue weighted by molar-refractivity contribution is 7.90. The Morgan fingerprint density at radius 3 is 2.35 bits per heavy atom. The topological polar surface area (TPSA) is 143 Å². The number of ether oxygens (including phenoxy) is 2. The van der Waals surface area contributed by atoms with Gasteiger partial charge in [0.1, 0.15) is 17.7 Å². The minimum Gasteiger partial charge on any atom is -0.431 e. The number of sulfone groups is 1. The van der Waals surface area contributed by atoms with Gasteiger partial charge in [-0.1, -0.05) is 6.07 Å². The highest BCUT2D eigenvalue weighted by atomic mass is 32.2. The Morgan fingerprint density at radius 2 is 1.70 bits per heavy atom. The summed E-state index contributed by atoms with van der Waals surface area (Å²) in [5.74, 6) is 1.36. The number of nitro benzene ring substituents is 1. The molecule has 1 N–H and O–H groups in total. The van der Waals surface area contributed by atoms with Crippen LogP contribution in [0.25, 0.3) is 0 Å². The summed E-state index contributed by atoms with van der Waals surface area (Å²) in [6.45, 7) is 6.22. The fourth-order valence-corrected chi connectivity index (χ4v) is 6.82. The monoisotopic (exact) mass is 568 g/mol. The zero-order valence-corrected chi connectivity index (χ0v) is 23.4. The first-order valence-corrected chi connectivity index (χ1v) is 15.0. The molecule has 212 valence electrons. The Morgan fingerprint density at radius 1 is 1.02 bits per heavy atom. The van der Waals surface area contributed by atoms with Crippen molar-refractivity contribution in [2.45, 2.75) is 75.5 Å². The summed E-state index contributed by atoms with van der Waals surface area (Å²) >= 11 is 0. The molecular weight excluding hydrogens is 536 g/mol. The van der Waals surface area contributed by atoms with Gasteiger partial charge in [-0.05, 0) is 81.8 Å². The number of nitrogens with zero attached hydrogens (tertiary/aromatic N) is 3. The molecule has 2 aromatic carbocycles. The Hall–Kier alpha value is -3.93. The quantitative estimate of drug-likeness (QED) is 0.165. The molecule has 1 fully saturated rings. The average Bonchev–Trinajstić information content (AvgIpc) is 3.44. The lowest BCUT2D eigenvalue weighted by Gasteiger charge is -2.27. The number of hydrogen-bond acceptors (Lipinski definition) is 9. The number of non-ortho nitro benzene ring substituents is 1. The predicted octanol–water partition coefficient (Wildman–Crippen LogP) is 5.96. The van der Waals surface area contributed by atoms with Crippen LogP contribution in [0.15, 0.2) is 48.5 Å². The van der Waals surface area contributed by atoms with Crippen LogP contribution >= 0.6 is 0 Å². The van der Waals surface area contributed by atoms with Crippen LogP contribution in [0.5, 0.6) is 5.75 Å². The van der Waals surface area contributed by atoms with E-state index in [2.05, 4.69) is 26.1 Å². The van der Waals surface area contributed by atoms with Crippen LogP contribution in [0.3, 0.4) is 0 Å². The number of anilines is 2. The predicted molar refractivity (Wildman–Crippen MR) is 148 cm³/mol. The number of nitrogens with one attached hydrogen (secondary N) is 1. The third-order valence-electron chi connectivity index (χ3n) is 7.20. The van der Waals surface area contributed by atoms with Gasteiger partial charge < -0.3 is 14.8 Å². The third kappa shape index (κ3) is 6.27. The van der Waals surface area contributed by atoms with Crippen LogP contribution in [0.4, 0.5) is 22.0 Å². The van der Waals surface area contributed by atoms with E-state index < -0.39 is 20.9 Å². The smallest absolute Gasteiger partial charge is 0.431 e. The molecule has 3 aromatic rings. The molecule has 40 heavy (non-hydrogen) atoms. The fourth-order valence-electron chi connectivity index (χ4n) is 5.22. The van der Waals surface area contributed by atoms with E-state index >= 15 is 0 Å². The summed E-state index contributed by atoms with van der Waals surface area (Å²) in [6.07, 6.45) is 1.77. The van der Waals surface area contributed by atoms with Crippen LogP contribution in [0.1, 0.15) is 69.2 Å². The molecular formula is C28H32N4O7S. The molecule has 0 bridgehead atoms. The molecule has 11 nitrogen and oxygen atoms in total. The SMILES string of the molecule is CC(C)(C)n1nc(C2CCC(OC(=O)Oc3ccc([N+](=O)[O-])cc3)CC2)cc1Nc1ccc2c(c1)CS(=O)(=O)C2. The van der Waals surface area contributed by atoms with Gasteiger partial charge in [-0.3, -0.25) is 10.1 Å². The van der Waals surface area contributed by atoms with E-state index in [0.717, 1.165) is 41.2 Å². The summed E-state index contributed by atoms with van der Waals surface area (Å²) in [5, 5.41) is 19.2. The maximum absolute atomic E-state index is 12.3. The number of fused-ring (bicyclic) bond motifs is 1. The first-order chi connectivity index (χ1) is 18.9. The van der Waals surface area contributed by atoms with Crippen molar-refractivity contribution < 1.29 is 27.6 Å². The highest BCUT2D eigenvalue weighted by Crippen LogP contribution is 2.37. The van der Waals surface area contributed by atoms with E-state index in [1.165, 1.54) is 24.3 Å². The number of carbonyl (C=O) groups is 1. The normalized spacial score (nSPS) is 20.0. The molecule has 1 aliphatic heterocycles. The lowest BCUT2D eigenvalue weighted by atomic mass is 9.85. The van der Waals surface area contributed by atoms with Gasteiger partial charge in [-0.2, -0.15) is 5.10 Å². The lowest BCUT2D eigenvalue weighted by Crippen LogP contribution is -2.26. The molecule has 12 heteroatoms. The Labute approximate surface area is 232 Å². The first-order valence-electron chi connectivity index (χ1n) is 13.2. The lowest BCUT2D eigenvalue weighted by molar-refractivity contribution is -0.384. The second kappa shape index (κ2) is 10.6. The molecule has 2 heterocycles. The number of carbonyl (C=O) groups excluding carboxylic acids is 1. The zero-order chi connectivity index (χ0) is 28.7. The summed E-state index contributed by atoms with van der Waals surface area (Å²) in [6, 6.07) is 13.0. The molecule has 0 saturated heterocycles. The van der Waals surface area contributed by atoms with E-state index in [1.54, 1.807) is 0 Å². The molecule has 2 aliphatic rings. The summed E-state index contributed by atoms with van der Waals surface area (Å²) in [4.78, 5) is 22.5. The molecule has 0 radical (unpaired) electrons. The van der Waals surface area contributed by atoms with Gasteiger partial charge in [0.25, 0.3) is 5.69 Å². The first kappa shape index (κ1) is 27.6. The van der Waals surface area contributed by atoms with Gasteiger partial charge in [-0.25, -0.2) is 17.9 Å². The summed E-state index contributed by atoms with van der Waals surface area (Å²) in [5.41, 5.74) is 3.07. The second-order valence-corrected chi connectivity index (χ2v) is 13.4. The van der Waals surface area contributed by atoms with Crippen molar-refractivity contribution >= 4 is 33.2 Å². The van der Waals surface area contributed by atoms with Crippen molar-refractivity contribution in [2.75, 3.05) is 5.32 Å². The molecule has 1 aromatic heterocycles. The molecule has 0 amide bonds. The standard InChI is InChI=1S/C28H32N4O7S/c1-28(2,3)31-26(29-21-7-4-19-16-40(36,37)17-20(19)14-21)15-25(30-31)18-5-10-23(11-6-18)38-27(33)39-24-12-8-22(9-13-24)32(34)35/h4,7-9,12-15,18,23,29H,5-6,10-11,16-17H2,1-3H3. The van der Waals surface area contributed by atoms with Gasteiger partial charge in [-0.15, -0.1) is 0 Å². The fraction of sp³-hybridized carbons (Fsp3) is 0.429. The van der Waals surface area contributed by atoms with Crippen molar-refractivity contribution in [3.05, 3.63) is 75.5 Å². The van der Waals surface area contributed by atoms with Crippen molar-refractivity contribution in [3.63, 3.8) is 0 Å². The largest absolute Gasteiger partial charge is 0.514 e. The minimum absolute atomic E-state index is 0.0639. The second-order valence-electron chi connectivity index (χ2n) is 11.4. The molecule has 0 spiro atoms. The van der Waals surface area contributed by atoms with Crippen LogP contribution in [0.2, 0.25) is 0 Å². The molecule has 5 rings (SSSR count). The highest BCUT2D eigenvalue weighted by Gasteiger charge is 2.30. The van der Waals surface area contributed by atoms with Gasteiger partial charge in [0, 0.05) is 29.8 Å². The molecule has 1 aliphatic carbocycles. The minimum atomic E-state index is -3.08. The van der Waals surface area contributed by atoms with Crippen molar-refractivity contribution in [1.29, 1.82) is 0 Å². The maximum atomic E-state index is 12.3. The van der Waals surface area contributed by atoms with E-state index in [-0.39, 0.29) is 40.5 Å². The number of nitro groups is 1. The van der Waals surface area contributed by atoms with Crippen molar-refractivity contribution in [2.24, 2.45) is 0 Å². The maximum Gasteiger partial charge on any atom is 0.514 e. The van der Waals surface area contributed by atoms with Crippen LogP contribution in [-0.4, -0.2) is 35.4 Å².